The molecule has 2 amide bonds. The quantitative estimate of drug-likeness (QED) is 0.287. The van der Waals surface area contributed by atoms with Crippen molar-refractivity contribution in [3.63, 3.8) is 0 Å². The van der Waals surface area contributed by atoms with Gasteiger partial charge in [-0.2, -0.15) is 0 Å². The number of ketones is 1. The van der Waals surface area contributed by atoms with E-state index < -0.39 is 29.6 Å². The molecule has 0 spiro atoms. The highest BCUT2D eigenvalue weighted by atomic mass is 19.1. The van der Waals surface area contributed by atoms with Crippen LogP contribution in [-0.2, 0) is 9.53 Å². The molecule has 2 aromatic rings. The molecular formula is C23H22FNO5. The highest BCUT2D eigenvalue weighted by molar-refractivity contribution is 6.22. The van der Waals surface area contributed by atoms with E-state index in [1.54, 1.807) is 38.1 Å². The first-order valence-corrected chi connectivity index (χ1v) is 9.73. The number of halogens is 1. The number of nitrogens with zero attached hydrogens (tertiary/aromatic N) is 1. The Labute approximate surface area is 173 Å². The molecule has 1 aliphatic rings. The Morgan fingerprint density at radius 1 is 0.967 bits per heavy atom. The summed E-state index contributed by atoms with van der Waals surface area (Å²) < 4.78 is 18.2. The van der Waals surface area contributed by atoms with E-state index in [0.29, 0.717) is 5.56 Å². The van der Waals surface area contributed by atoms with E-state index in [2.05, 4.69) is 0 Å². The van der Waals surface area contributed by atoms with Crippen LogP contribution in [0.5, 0.6) is 0 Å². The number of rotatable bonds is 8. The summed E-state index contributed by atoms with van der Waals surface area (Å²) in [6.45, 7) is 3.43. The number of amides is 2. The van der Waals surface area contributed by atoms with Crippen molar-refractivity contribution in [1.82, 2.24) is 4.90 Å². The zero-order valence-electron chi connectivity index (χ0n) is 16.8. The lowest BCUT2D eigenvalue weighted by Gasteiger charge is -2.27. The molecule has 0 fully saturated rings. The highest BCUT2D eigenvalue weighted by Crippen LogP contribution is 2.27. The minimum absolute atomic E-state index is 0.0296. The molecule has 0 N–H and O–H groups in total. The molecule has 0 radical (unpaired) electrons. The van der Waals surface area contributed by atoms with Crippen LogP contribution in [0.3, 0.4) is 0 Å². The third-order valence-electron chi connectivity index (χ3n) is 4.94. The lowest BCUT2D eigenvalue weighted by Crippen LogP contribution is -2.48. The van der Waals surface area contributed by atoms with E-state index in [9.17, 15) is 23.6 Å². The fraction of sp³-hybridized carbons (Fsp3) is 0.304. The summed E-state index contributed by atoms with van der Waals surface area (Å²) in [5, 5.41) is 0. The first kappa shape index (κ1) is 21.4. The molecule has 1 atom stereocenters. The Morgan fingerprint density at radius 2 is 1.53 bits per heavy atom. The number of fused-ring (bicyclic) bond motifs is 1. The van der Waals surface area contributed by atoms with Gasteiger partial charge >= 0.3 is 5.97 Å². The molecule has 0 saturated carbocycles. The van der Waals surface area contributed by atoms with Crippen LogP contribution >= 0.6 is 0 Å². The van der Waals surface area contributed by atoms with Gasteiger partial charge in [-0.05, 0) is 48.7 Å². The number of ether oxygens (including phenoxy) is 1. The molecule has 1 aliphatic heterocycles. The van der Waals surface area contributed by atoms with Gasteiger partial charge in [0.2, 0.25) is 0 Å². The van der Waals surface area contributed by atoms with Crippen LogP contribution in [-0.4, -0.2) is 41.1 Å². The molecule has 7 heteroatoms. The number of benzene rings is 2. The average molecular weight is 411 g/mol. The van der Waals surface area contributed by atoms with Crippen LogP contribution in [0.25, 0.3) is 0 Å². The van der Waals surface area contributed by atoms with E-state index in [0.717, 1.165) is 4.90 Å². The van der Waals surface area contributed by atoms with Crippen LogP contribution in [0.15, 0.2) is 48.5 Å². The van der Waals surface area contributed by atoms with Crippen molar-refractivity contribution >= 4 is 23.6 Å². The van der Waals surface area contributed by atoms with Crippen molar-refractivity contribution in [1.29, 1.82) is 0 Å². The van der Waals surface area contributed by atoms with Crippen molar-refractivity contribution in [3.05, 3.63) is 71.0 Å². The summed E-state index contributed by atoms with van der Waals surface area (Å²) in [4.78, 5) is 51.1. The van der Waals surface area contributed by atoms with Crippen LogP contribution in [0, 0.1) is 11.7 Å². The van der Waals surface area contributed by atoms with Crippen LogP contribution in [0.4, 0.5) is 4.39 Å². The van der Waals surface area contributed by atoms with Crippen LogP contribution in [0.1, 0.15) is 57.8 Å². The van der Waals surface area contributed by atoms with E-state index >= 15 is 0 Å². The molecule has 156 valence electrons. The Bertz CT molecular complexity index is 948. The minimum Gasteiger partial charge on any atom is -0.464 e. The molecule has 6 nitrogen and oxygen atoms in total. The van der Waals surface area contributed by atoms with Gasteiger partial charge < -0.3 is 4.74 Å². The fourth-order valence-electron chi connectivity index (χ4n) is 3.41. The normalized spacial score (nSPS) is 14.1. The Kier molecular flexibility index (Phi) is 6.40. The van der Waals surface area contributed by atoms with E-state index in [1.165, 1.54) is 24.3 Å². The largest absolute Gasteiger partial charge is 0.464 e. The maximum absolute atomic E-state index is 12.9. The van der Waals surface area contributed by atoms with Gasteiger partial charge in [0.1, 0.15) is 11.9 Å². The van der Waals surface area contributed by atoms with Crippen LogP contribution in [0.2, 0.25) is 0 Å². The summed E-state index contributed by atoms with van der Waals surface area (Å²) in [6, 6.07) is 10.6. The molecule has 30 heavy (non-hydrogen) atoms. The molecule has 0 saturated heterocycles. The number of carbonyl (C=O) groups is 4. The first-order valence-electron chi connectivity index (χ1n) is 9.73. The monoisotopic (exact) mass is 411 g/mol. The summed E-state index contributed by atoms with van der Waals surface area (Å²) in [7, 11) is 0. The lowest BCUT2D eigenvalue weighted by molar-refractivity contribution is -0.150. The second-order valence-electron chi connectivity index (χ2n) is 7.42. The predicted octanol–water partition coefficient (Wildman–Crippen LogP) is 3.65. The number of hydrogen-bond donors (Lipinski definition) is 0. The number of carbonyl (C=O) groups excluding carboxylic acids is 4. The fourth-order valence-corrected chi connectivity index (χ4v) is 3.41. The molecule has 0 bridgehead atoms. The Morgan fingerprint density at radius 3 is 2.07 bits per heavy atom. The topological polar surface area (TPSA) is 80.8 Å². The van der Waals surface area contributed by atoms with E-state index in [4.69, 9.17) is 4.74 Å². The third kappa shape index (κ3) is 4.30. The summed E-state index contributed by atoms with van der Waals surface area (Å²) in [6.07, 6.45) is 0.396. The zero-order valence-corrected chi connectivity index (χ0v) is 16.8. The van der Waals surface area contributed by atoms with Crippen molar-refractivity contribution in [2.45, 2.75) is 32.7 Å². The van der Waals surface area contributed by atoms with Gasteiger partial charge in [0.15, 0.2) is 5.78 Å². The SMILES string of the molecule is CC(C)[C@H](C(=O)OCCCC(=O)c1ccc(F)cc1)N1C(=O)c2ccccc2C1=O. The number of esters is 1. The van der Waals surface area contributed by atoms with Gasteiger partial charge in [0.05, 0.1) is 17.7 Å². The van der Waals surface area contributed by atoms with Crippen molar-refractivity contribution in [2.75, 3.05) is 6.61 Å². The van der Waals surface area contributed by atoms with Gasteiger partial charge in [-0.25, -0.2) is 9.18 Å². The maximum atomic E-state index is 12.9. The Balaban J connectivity index is 1.59. The minimum atomic E-state index is -1.05. The zero-order chi connectivity index (χ0) is 21.8. The predicted molar refractivity (Wildman–Crippen MR) is 106 cm³/mol. The summed E-state index contributed by atoms with van der Waals surface area (Å²) >= 11 is 0. The molecular weight excluding hydrogens is 389 g/mol. The van der Waals surface area contributed by atoms with Gasteiger partial charge in [-0.15, -0.1) is 0 Å². The first-order chi connectivity index (χ1) is 14.3. The standard InChI is InChI=1S/C23H22FNO5/c1-14(2)20(25-21(27)17-6-3-4-7-18(17)22(25)28)23(29)30-13-5-8-19(26)15-9-11-16(24)12-10-15/h3-4,6-7,9-12,14,20H,5,8,13H2,1-2H3/t20-/m1/s1. The maximum Gasteiger partial charge on any atom is 0.329 e. The molecule has 2 aromatic carbocycles. The average Bonchev–Trinajstić information content (AvgIpc) is 2.97. The van der Waals surface area contributed by atoms with Crippen molar-refractivity contribution in [2.24, 2.45) is 5.92 Å². The van der Waals surface area contributed by atoms with Gasteiger partial charge in [-0.1, -0.05) is 26.0 Å². The number of Topliss-reactive ketones (excluding diaryl/α,β-unsaturated/α-hetero) is 1. The van der Waals surface area contributed by atoms with E-state index in [-0.39, 0.29) is 42.3 Å². The van der Waals surface area contributed by atoms with Gasteiger partial charge in [-0.3, -0.25) is 19.3 Å². The van der Waals surface area contributed by atoms with Gasteiger partial charge in [0, 0.05) is 12.0 Å². The summed E-state index contributed by atoms with van der Waals surface area (Å²) in [5.41, 5.74) is 0.922. The summed E-state index contributed by atoms with van der Waals surface area (Å²) in [5.74, 6) is -2.68. The number of hydrogen-bond acceptors (Lipinski definition) is 5. The van der Waals surface area contributed by atoms with E-state index in [1.807, 2.05) is 0 Å². The smallest absolute Gasteiger partial charge is 0.329 e. The second kappa shape index (κ2) is 8.98. The lowest BCUT2D eigenvalue weighted by atomic mass is 10.0. The molecule has 1 heterocycles. The molecule has 3 rings (SSSR count). The van der Waals surface area contributed by atoms with Crippen molar-refractivity contribution in [3.8, 4) is 0 Å². The second-order valence-corrected chi connectivity index (χ2v) is 7.42. The Hall–Kier alpha value is -3.35. The van der Waals surface area contributed by atoms with Crippen LogP contribution < -0.4 is 0 Å². The molecule has 0 unspecified atom stereocenters. The highest BCUT2D eigenvalue weighted by Gasteiger charge is 2.44. The molecule has 0 aromatic heterocycles. The van der Waals surface area contributed by atoms with Crippen molar-refractivity contribution < 1.29 is 28.3 Å². The molecule has 0 aliphatic carbocycles. The number of imide groups is 1. The van der Waals surface area contributed by atoms with Gasteiger partial charge in [0.25, 0.3) is 11.8 Å². The third-order valence-corrected chi connectivity index (χ3v) is 4.94.